The minimum absolute atomic E-state index is 0.0501. The van der Waals surface area contributed by atoms with Crippen molar-refractivity contribution < 1.29 is 14.0 Å². The summed E-state index contributed by atoms with van der Waals surface area (Å²) in [6.45, 7) is 3.30. The van der Waals surface area contributed by atoms with Crippen LogP contribution in [0.4, 0.5) is 4.39 Å². The van der Waals surface area contributed by atoms with Gasteiger partial charge in [-0.2, -0.15) is 0 Å². The number of carbonyl (C=O) groups is 2. The molecule has 0 spiro atoms. The average molecular weight is 320 g/mol. The Morgan fingerprint density at radius 2 is 1.96 bits per heavy atom. The van der Waals surface area contributed by atoms with Crippen LogP contribution in [0.1, 0.15) is 44.6 Å². The van der Waals surface area contributed by atoms with E-state index in [1.807, 2.05) is 0 Å². The van der Waals surface area contributed by atoms with Gasteiger partial charge in [-0.3, -0.25) is 9.59 Å². The number of amides is 2. The standard InChI is InChI=1S/C18H25FN2O2/c1-2-3-8-17(22)20-15-9-11-21(12-10-15)18(23)13-14-6-4-5-7-16(14)19/h4-7,15H,2-3,8-13H2,1H3,(H,20,22). The fourth-order valence-electron chi connectivity index (χ4n) is 2.83. The summed E-state index contributed by atoms with van der Waals surface area (Å²) >= 11 is 0. The number of carbonyl (C=O) groups excluding carboxylic acids is 2. The van der Waals surface area contributed by atoms with Crippen LogP contribution in [0.25, 0.3) is 0 Å². The first-order valence-corrected chi connectivity index (χ1v) is 8.40. The molecule has 0 saturated carbocycles. The fourth-order valence-corrected chi connectivity index (χ4v) is 2.83. The van der Waals surface area contributed by atoms with Crippen LogP contribution in [0.3, 0.4) is 0 Å². The van der Waals surface area contributed by atoms with Crippen molar-refractivity contribution in [3.8, 4) is 0 Å². The van der Waals surface area contributed by atoms with Crippen molar-refractivity contribution in [3.63, 3.8) is 0 Å². The summed E-state index contributed by atoms with van der Waals surface area (Å²) in [5, 5.41) is 3.04. The van der Waals surface area contributed by atoms with Gasteiger partial charge in [-0.15, -0.1) is 0 Å². The zero-order valence-corrected chi connectivity index (χ0v) is 13.7. The third-order valence-corrected chi connectivity index (χ3v) is 4.27. The number of halogens is 1. The number of unbranched alkanes of at least 4 members (excludes halogenated alkanes) is 1. The molecule has 1 aromatic rings. The summed E-state index contributed by atoms with van der Waals surface area (Å²) in [5.74, 6) is -0.284. The second-order valence-corrected chi connectivity index (χ2v) is 6.09. The highest BCUT2D eigenvalue weighted by Gasteiger charge is 2.24. The predicted octanol–water partition coefficient (Wildman–Crippen LogP) is 2.67. The monoisotopic (exact) mass is 320 g/mol. The normalized spacial score (nSPS) is 15.5. The van der Waals surface area contributed by atoms with E-state index in [1.54, 1.807) is 23.1 Å². The van der Waals surface area contributed by atoms with Gasteiger partial charge in [0.1, 0.15) is 5.82 Å². The maximum atomic E-state index is 13.6. The fraction of sp³-hybridized carbons (Fsp3) is 0.556. The highest BCUT2D eigenvalue weighted by Crippen LogP contribution is 2.14. The lowest BCUT2D eigenvalue weighted by Gasteiger charge is -2.32. The molecule has 0 atom stereocenters. The molecule has 1 N–H and O–H groups in total. The van der Waals surface area contributed by atoms with Gasteiger partial charge >= 0.3 is 0 Å². The summed E-state index contributed by atoms with van der Waals surface area (Å²) in [6.07, 6.45) is 4.12. The highest BCUT2D eigenvalue weighted by molar-refractivity contribution is 5.79. The number of hydrogen-bond donors (Lipinski definition) is 1. The van der Waals surface area contributed by atoms with Crippen molar-refractivity contribution in [1.29, 1.82) is 0 Å². The molecule has 2 rings (SSSR count). The maximum absolute atomic E-state index is 13.6. The molecule has 1 aliphatic heterocycles. The van der Waals surface area contributed by atoms with Gasteiger partial charge in [-0.1, -0.05) is 31.5 Å². The Kier molecular flexibility index (Phi) is 6.56. The van der Waals surface area contributed by atoms with Gasteiger partial charge in [-0.05, 0) is 30.9 Å². The zero-order valence-electron chi connectivity index (χ0n) is 13.7. The van der Waals surface area contributed by atoms with Gasteiger partial charge in [0.25, 0.3) is 0 Å². The van der Waals surface area contributed by atoms with Crippen LogP contribution in [-0.2, 0) is 16.0 Å². The van der Waals surface area contributed by atoms with Crippen LogP contribution in [-0.4, -0.2) is 35.8 Å². The van der Waals surface area contributed by atoms with E-state index in [0.29, 0.717) is 25.1 Å². The number of piperidine rings is 1. The molecule has 0 aliphatic carbocycles. The summed E-state index contributed by atoms with van der Waals surface area (Å²) in [6, 6.07) is 6.53. The molecule has 23 heavy (non-hydrogen) atoms. The van der Waals surface area contributed by atoms with Gasteiger partial charge in [0.05, 0.1) is 6.42 Å². The Balaban J connectivity index is 1.76. The van der Waals surface area contributed by atoms with Crippen LogP contribution in [0.2, 0.25) is 0 Å². The minimum Gasteiger partial charge on any atom is -0.353 e. The average Bonchev–Trinajstić information content (AvgIpc) is 2.55. The van der Waals surface area contributed by atoms with Crippen LogP contribution in [0, 0.1) is 5.82 Å². The molecule has 4 nitrogen and oxygen atoms in total. The number of benzene rings is 1. The Morgan fingerprint density at radius 1 is 1.26 bits per heavy atom. The van der Waals surface area contributed by atoms with E-state index in [9.17, 15) is 14.0 Å². The quantitative estimate of drug-likeness (QED) is 0.876. The topological polar surface area (TPSA) is 49.4 Å². The maximum Gasteiger partial charge on any atom is 0.227 e. The summed E-state index contributed by atoms with van der Waals surface area (Å²) in [4.78, 5) is 25.8. The van der Waals surface area contributed by atoms with Crippen molar-refractivity contribution >= 4 is 11.8 Å². The van der Waals surface area contributed by atoms with Crippen molar-refractivity contribution in [2.24, 2.45) is 0 Å². The first kappa shape index (κ1) is 17.4. The minimum atomic E-state index is -0.334. The lowest BCUT2D eigenvalue weighted by molar-refractivity contribution is -0.131. The van der Waals surface area contributed by atoms with Crippen LogP contribution < -0.4 is 5.32 Å². The second kappa shape index (κ2) is 8.65. The van der Waals surface area contributed by atoms with Gasteiger partial charge < -0.3 is 10.2 Å². The second-order valence-electron chi connectivity index (χ2n) is 6.09. The SMILES string of the molecule is CCCCC(=O)NC1CCN(C(=O)Cc2ccccc2F)CC1. The Labute approximate surface area is 137 Å². The van der Waals surface area contributed by atoms with E-state index in [1.165, 1.54) is 6.07 Å². The molecular weight excluding hydrogens is 295 g/mol. The third-order valence-electron chi connectivity index (χ3n) is 4.27. The number of rotatable bonds is 6. The van der Waals surface area contributed by atoms with Gasteiger partial charge in [0, 0.05) is 25.6 Å². The Hall–Kier alpha value is -1.91. The van der Waals surface area contributed by atoms with Crippen molar-refractivity contribution in [2.75, 3.05) is 13.1 Å². The van der Waals surface area contributed by atoms with E-state index < -0.39 is 0 Å². The van der Waals surface area contributed by atoms with Crippen molar-refractivity contribution in [1.82, 2.24) is 10.2 Å². The highest BCUT2D eigenvalue weighted by atomic mass is 19.1. The Morgan fingerprint density at radius 3 is 2.61 bits per heavy atom. The summed E-state index contributed by atoms with van der Waals surface area (Å²) in [5.41, 5.74) is 0.437. The molecule has 5 heteroatoms. The molecule has 1 saturated heterocycles. The van der Waals surface area contributed by atoms with Crippen molar-refractivity contribution in [3.05, 3.63) is 35.6 Å². The lowest BCUT2D eigenvalue weighted by atomic mass is 10.0. The molecular formula is C18H25FN2O2. The number of nitrogens with zero attached hydrogens (tertiary/aromatic N) is 1. The third kappa shape index (κ3) is 5.34. The smallest absolute Gasteiger partial charge is 0.227 e. The Bertz CT molecular complexity index is 540. The van der Waals surface area contributed by atoms with E-state index in [4.69, 9.17) is 0 Å². The molecule has 0 radical (unpaired) electrons. The molecule has 1 aromatic carbocycles. The van der Waals surface area contributed by atoms with Crippen molar-refractivity contribution in [2.45, 2.75) is 51.5 Å². The first-order valence-electron chi connectivity index (χ1n) is 8.40. The molecule has 0 aromatic heterocycles. The molecule has 0 bridgehead atoms. The van der Waals surface area contributed by atoms with Crippen LogP contribution in [0.5, 0.6) is 0 Å². The molecule has 0 unspecified atom stereocenters. The molecule has 126 valence electrons. The summed E-state index contributed by atoms with van der Waals surface area (Å²) in [7, 11) is 0. The van der Waals surface area contributed by atoms with E-state index in [0.717, 1.165) is 25.7 Å². The van der Waals surface area contributed by atoms with Gasteiger partial charge in [0.2, 0.25) is 11.8 Å². The first-order chi connectivity index (χ1) is 11.1. The molecule has 1 heterocycles. The van der Waals surface area contributed by atoms with Crippen LogP contribution in [0.15, 0.2) is 24.3 Å². The number of hydrogen-bond acceptors (Lipinski definition) is 2. The van der Waals surface area contributed by atoms with Gasteiger partial charge in [-0.25, -0.2) is 4.39 Å². The molecule has 2 amide bonds. The van der Waals surface area contributed by atoms with E-state index >= 15 is 0 Å². The number of likely N-dealkylation sites (tertiary alicyclic amines) is 1. The van der Waals surface area contributed by atoms with Gasteiger partial charge in [0.15, 0.2) is 0 Å². The summed E-state index contributed by atoms with van der Waals surface area (Å²) < 4.78 is 13.6. The van der Waals surface area contributed by atoms with E-state index in [2.05, 4.69) is 12.2 Å². The van der Waals surface area contributed by atoms with E-state index in [-0.39, 0.29) is 30.1 Å². The zero-order chi connectivity index (χ0) is 16.7. The van der Waals surface area contributed by atoms with Crippen LogP contribution >= 0.6 is 0 Å². The molecule has 1 fully saturated rings. The predicted molar refractivity (Wildman–Crippen MR) is 87.4 cm³/mol. The largest absolute Gasteiger partial charge is 0.353 e. The lowest BCUT2D eigenvalue weighted by Crippen LogP contribution is -2.47. The number of nitrogens with one attached hydrogen (secondary N) is 1. The molecule has 1 aliphatic rings.